The lowest BCUT2D eigenvalue weighted by Crippen LogP contribution is -2.14. The van der Waals surface area contributed by atoms with Crippen LogP contribution in [0.4, 0.5) is 0 Å². The van der Waals surface area contributed by atoms with Crippen LogP contribution in [0.3, 0.4) is 0 Å². The Hall–Kier alpha value is -0.710. The number of rotatable bonds is 0. The fraction of sp³-hybridized carbons (Fsp3) is 0.333. The number of hydrogen-bond donors (Lipinski definition) is 0. The van der Waals surface area contributed by atoms with Crippen LogP contribution in [-0.4, -0.2) is 11.9 Å². The van der Waals surface area contributed by atoms with Crippen molar-refractivity contribution in [3.63, 3.8) is 0 Å². The first-order valence-corrected chi connectivity index (χ1v) is 2.52. The smallest absolute Gasteiger partial charge is 0.332 e. The fourth-order valence-corrected chi connectivity index (χ4v) is 0.573. The Kier molecular flexibility index (Phi) is 1.38. The van der Waals surface area contributed by atoms with Gasteiger partial charge in [-0.05, 0) is 0 Å². The molecular formula is C3H2O4S. The monoisotopic (exact) mass is 134 g/mol. The van der Waals surface area contributed by atoms with E-state index in [-0.39, 0.29) is 6.42 Å². The lowest BCUT2D eigenvalue weighted by Gasteiger charge is -2.05. The maximum absolute atomic E-state index is 10.1. The second-order valence-corrected chi connectivity index (χ2v) is 1.62. The summed E-state index contributed by atoms with van der Waals surface area (Å²) in [5, 5.41) is 0. The Morgan fingerprint density at radius 1 is 1.25 bits per heavy atom. The molecule has 0 aliphatic carbocycles. The van der Waals surface area contributed by atoms with Crippen molar-refractivity contribution in [1.82, 2.24) is 0 Å². The van der Waals surface area contributed by atoms with Gasteiger partial charge < -0.3 is 8.37 Å². The molecule has 0 amide bonds. The highest BCUT2D eigenvalue weighted by atomic mass is 32.2. The molecule has 0 N–H and O–H groups in total. The molecular weight excluding hydrogens is 132 g/mol. The minimum absolute atomic E-state index is 0.271. The molecule has 1 heterocycles. The Balaban J connectivity index is 2.45. The summed E-state index contributed by atoms with van der Waals surface area (Å²) in [6.45, 7) is 0. The van der Waals surface area contributed by atoms with Crippen LogP contribution in [0, 0.1) is 0 Å². The molecule has 8 heavy (non-hydrogen) atoms. The molecule has 0 aromatic rings. The molecule has 0 aromatic heterocycles. The van der Waals surface area contributed by atoms with E-state index in [4.69, 9.17) is 0 Å². The molecule has 1 aliphatic heterocycles. The first kappa shape index (κ1) is 5.43. The van der Waals surface area contributed by atoms with Gasteiger partial charge in [-0.3, -0.25) is 9.59 Å². The number of carbonyl (C=O) groups excluding carboxylic acids is 2. The standard InChI is InChI=1S/C3H2O4S/c4-2-1-3(5)7-8-6-2/h1H2. The maximum Gasteiger partial charge on any atom is 0.332 e. The van der Waals surface area contributed by atoms with Crippen molar-refractivity contribution in [2.45, 2.75) is 6.42 Å². The van der Waals surface area contributed by atoms with Crippen LogP contribution >= 0.6 is 12.3 Å². The SMILES string of the molecule is O=C1CC(=O)OSO1. The van der Waals surface area contributed by atoms with Gasteiger partial charge in [-0.1, -0.05) is 0 Å². The predicted molar refractivity (Wildman–Crippen MR) is 24.4 cm³/mol. The number of hydrogen-bond acceptors (Lipinski definition) is 5. The van der Waals surface area contributed by atoms with Crippen molar-refractivity contribution >= 4 is 24.3 Å². The Labute approximate surface area is 49.6 Å². The zero-order chi connectivity index (χ0) is 5.98. The Morgan fingerprint density at radius 3 is 2.00 bits per heavy atom. The van der Waals surface area contributed by atoms with Crippen molar-refractivity contribution in [3.8, 4) is 0 Å². The van der Waals surface area contributed by atoms with Gasteiger partial charge in [-0.25, -0.2) is 0 Å². The van der Waals surface area contributed by atoms with Gasteiger partial charge >= 0.3 is 11.9 Å². The molecule has 4 nitrogen and oxygen atoms in total. The molecule has 1 saturated heterocycles. The molecule has 5 heteroatoms. The Bertz CT molecular complexity index is 117. The van der Waals surface area contributed by atoms with Gasteiger partial charge in [-0.15, -0.1) is 0 Å². The van der Waals surface area contributed by atoms with E-state index in [0.717, 1.165) is 0 Å². The molecule has 0 aromatic carbocycles. The molecule has 0 spiro atoms. The van der Waals surface area contributed by atoms with Gasteiger partial charge in [0.1, 0.15) is 6.42 Å². The predicted octanol–water partition coefficient (Wildman–Crippen LogP) is 0.0397. The van der Waals surface area contributed by atoms with Crippen molar-refractivity contribution < 1.29 is 18.0 Å². The third kappa shape index (κ3) is 1.13. The normalized spacial score (nSPS) is 19.5. The summed E-state index contributed by atoms with van der Waals surface area (Å²) in [5.74, 6) is -1.10. The minimum atomic E-state index is -0.550. The molecule has 0 saturated carbocycles. The summed E-state index contributed by atoms with van der Waals surface area (Å²) >= 11 is 0.412. The summed E-state index contributed by atoms with van der Waals surface area (Å²) in [4.78, 5) is 20.3. The van der Waals surface area contributed by atoms with Crippen LogP contribution in [0.1, 0.15) is 6.42 Å². The lowest BCUT2D eigenvalue weighted by molar-refractivity contribution is -0.147. The van der Waals surface area contributed by atoms with E-state index >= 15 is 0 Å². The van der Waals surface area contributed by atoms with Crippen LogP contribution in [0.5, 0.6) is 0 Å². The highest BCUT2D eigenvalue weighted by molar-refractivity contribution is 7.90. The van der Waals surface area contributed by atoms with Crippen LogP contribution < -0.4 is 0 Å². The van der Waals surface area contributed by atoms with Crippen molar-refractivity contribution in [3.05, 3.63) is 0 Å². The zero-order valence-electron chi connectivity index (χ0n) is 3.75. The lowest BCUT2D eigenvalue weighted by atomic mass is 10.5. The van der Waals surface area contributed by atoms with Gasteiger partial charge in [0.05, 0.1) is 0 Å². The molecule has 0 unspecified atom stereocenters. The molecule has 0 radical (unpaired) electrons. The van der Waals surface area contributed by atoms with Crippen molar-refractivity contribution in [2.24, 2.45) is 0 Å². The van der Waals surface area contributed by atoms with Gasteiger partial charge in [0.15, 0.2) is 0 Å². The molecule has 0 bridgehead atoms. The van der Waals surface area contributed by atoms with E-state index < -0.39 is 11.9 Å². The van der Waals surface area contributed by atoms with E-state index in [9.17, 15) is 9.59 Å². The fourth-order valence-electron chi connectivity index (χ4n) is 0.270. The largest absolute Gasteiger partial charge is 0.354 e. The van der Waals surface area contributed by atoms with E-state index in [2.05, 4.69) is 8.37 Å². The summed E-state index contributed by atoms with van der Waals surface area (Å²) in [6, 6.07) is 0. The molecule has 0 atom stereocenters. The zero-order valence-corrected chi connectivity index (χ0v) is 4.56. The van der Waals surface area contributed by atoms with Crippen LogP contribution in [0.25, 0.3) is 0 Å². The maximum atomic E-state index is 10.1. The molecule has 44 valence electrons. The quantitative estimate of drug-likeness (QED) is 0.346. The summed E-state index contributed by atoms with van der Waals surface area (Å²) in [6.07, 6.45) is -0.271. The highest BCUT2D eigenvalue weighted by Crippen LogP contribution is 2.13. The van der Waals surface area contributed by atoms with E-state index in [1.165, 1.54) is 0 Å². The van der Waals surface area contributed by atoms with Gasteiger partial charge in [0.2, 0.25) is 0 Å². The minimum Gasteiger partial charge on any atom is -0.354 e. The average Bonchev–Trinajstić information content (AvgIpc) is 1.64. The second kappa shape index (κ2) is 2.04. The first-order valence-electron chi connectivity index (χ1n) is 1.86. The third-order valence-electron chi connectivity index (χ3n) is 0.543. The topological polar surface area (TPSA) is 52.6 Å². The average molecular weight is 134 g/mol. The summed E-state index contributed by atoms with van der Waals surface area (Å²) in [7, 11) is 0. The van der Waals surface area contributed by atoms with Crippen LogP contribution in [0.15, 0.2) is 0 Å². The van der Waals surface area contributed by atoms with Gasteiger partial charge in [0.25, 0.3) is 12.3 Å². The number of carbonyl (C=O) groups is 2. The third-order valence-corrected chi connectivity index (χ3v) is 1.05. The highest BCUT2D eigenvalue weighted by Gasteiger charge is 2.19. The van der Waals surface area contributed by atoms with E-state index in [0.29, 0.717) is 12.3 Å². The Morgan fingerprint density at radius 2 is 1.75 bits per heavy atom. The van der Waals surface area contributed by atoms with Gasteiger partial charge in [0, 0.05) is 0 Å². The van der Waals surface area contributed by atoms with Crippen LogP contribution in [0.2, 0.25) is 0 Å². The van der Waals surface area contributed by atoms with Crippen molar-refractivity contribution in [1.29, 1.82) is 0 Å². The van der Waals surface area contributed by atoms with E-state index in [1.807, 2.05) is 0 Å². The molecule has 1 aliphatic rings. The summed E-state index contributed by atoms with van der Waals surface area (Å²) in [5.41, 5.74) is 0. The first-order chi connectivity index (χ1) is 3.79. The summed E-state index contributed by atoms with van der Waals surface area (Å²) < 4.78 is 8.37. The molecule has 1 fully saturated rings. The second-order valence-electron chi connectivity index (χ2n) is 1.16. The van der Waals surface area contributed by atoms with Crippen LogP contribution in [-0.2, 0) is 18.0 Å². The molecule has 1 rings (SSSR count). The van der Waals surface area contributed by atoms with Crippen molar-refractivity contribution in [2.75, 3.05) is 0 Å². The van der Waals surface area contributed by atoms with E-state index in [1.54, 1.807) is 0 Å². The van der Waals surface area contributed by atoms with Gasteiger partial charge in [-0.2, -0.15) is 0 Å².